The van der Waals surface area contributed by atoms with Crippen molar-refractivity contribution in [2.45, 2.75) is 4.90 Å². The average Bonchev–Trinajstić information content (AvgIpc) is 3.22. The van der Waals surface area contributed by atoms with E-state index in [2.05, 4.69) is 20.2 Å². The average molecular weight is 417 g/mol. The Morgan fingerprint density at radius 2 is 1.79 bits per heavy atom. The quantitative estimate of drug-likeness (QED) is 0.223. The molecule has 4 aromatic rings. The third-order valence-corrected chi connectivity index (χ3v) is 4.84. The van der Waals surface area contributed by atoms with Gasteiger partial charge in [0.25, 0.3) is 0 Å². The van der Waals surface area contributed by atoms with Gasteiger partial charge in [-0.15, -0.1) is 10.2 Å². The van der Waals surface area contributed by atoms with Crippen molar-refractivity contribution in [1.82, 2.24) is 9.97 Å². The van der Waals surface area contributed by atoms with Crippen LogP contribution >= 0.6 is 0 Å². The molecule has 11 heteroatoms. The summed E-state index contributed by atoms with van der Waals surface area (Å²) in [7, 11) is -4.72. The number of nitrogen functional groups attached to an aromatic ring is 1. The summed E-state index contributed by atoms with van der Waals surface area (Å²) < 4.78 is 40.1. The van der Waals surface area contributed by atoms with Gasteiger partial charge in [0, 0.05) is 10.8 Å². The number of nitrogens with zero attached hydrogens (tertiary/aromatic N) is 4. The summed E-state index contributed by atoms with van der Waals surface area (Å²) in [5.74, 6) is 0.368. The van der Waals surface area contributed by atoms with E-state index in [1.807, 2.05) is 0 Å². The van der Waals surface area contributed by atoms with Crippen LogP contribution in [0.25, 0.3) is 22.4 Å². The Morgan fingerprint density at radius 3 is 2.41 bits per heavy atom. The summed E-state index contributed by atoms with van der Waals surface area (Å²) in [4.78, 5) is 7.77. The smallest absolute Gasteiger partial charge is 0.744 e. The van der Waals surface area contributed by atoms with Gasteiger partial charge in [-0.3, -0.25) is 0 Å². The number of hydrogen-bond donors (Lipinski definition) is 1. The molecule has 9 nitrogen and oxygen atoms in total. The molecule has 0 unspecified atom stereocenters. The first-order valence-electron chi connectivity index (χ1n) is 7.98. The van der Waals surface area contributed by atoms with E-state index in [-0.39, 0.29) is 46.3 Å². The Balaban J connectivity index is 0.00000240. The van der Waals surface area contributed by atoms with Gasteiger partial charge < -0.3 is 14.7 Å². The minimum absolute atomic E-state index is 0. The molecule has 0 aliphatic rings. The number of anilines is 1. The first kappa shape index (κ1) is 21.1. The fourth-order valence-corrected chi connectivity index (χ4v) is 3.38. The van der Waals surface area contributed by atoms with Crippen molar-refractivity contribution in [3.63, 3.8) is 0 Å². The molecule has 0 amide bonds. The standard InChI is InChI=1S/C18H13N5O4S.Na/c19-17-13-4-2-1-3-12(13)16(28(24,25)26)9-15(17)23-22-11-5-6-14(21-10-11)18-20-7-8-27-18;/h1-10H,19H2,(H,24,25,26);/q;+1/p-1. The van der Waals surface area contributed by atoms with Gasteiger partial charge in [0.05, 0.1) is 23.0 Å². The molecule has 2 aromatic heterocycles. The molecule has 4 rings (SSSR count). The molecule has 0 bridgehead atoms. The molecule has 0 aliphatic heterocycles. The third-order valence-electron chi connectivity index (χ3n) is 3.97. The fraction of sp³-hybridized carbons (Fsp3) is 0. The van der Waals surface area contributed by atoms with Gasteiger partial charge in [0.1, 0.15) is 33.4 Å². The SMILES string of the molecule is Nc1c(N=Nc2ccc(-c3ncco3)nc2)cc(S(=O)(=O)[O-])c2ccccc12.[Na+]. The summed E-state index contributed by atoms with van der Waals surface area (Å²) >= 11 is 0. The van der Waals surface area contributed by atoms with Gasteiger partial charge in [-0.1, -0.05) is 24.3 Å². The molecule has 0 atom stereocenters. The molecular formula is C18H12N5NaO4S. The summed E-state index contributed by atoms with van der Waals surface area (Å²) in [5, 5.41) is 8.68. The number of nitrogens with two attached hydrogens (primary N) is 1. The third kappa shape index (κ3) is 4.36. The molecular weight excluding hydrogens is 405 g/mol. The zero-order chi connectivity index (χ0) is 19.7. The summed E-state index contributed by atoms with van der Waals surface area (Å²) in [6, 6.07) is 10.9. The van der Waals surface area contributed by atoms with Crippen LogP contribution in [0.1, 0.15) is 0 Å². The molecule has 2 N–H and O–H groups in total. The monoisotopic (exact) mass is 417 g/mol. The molecule has 0 radical (unpaired) electrons. The maximum Gasteiger partial charge on any atom is 1.00 e. The number of benzene rings is 2. The van der Waals surface area contributed by atoms with Crippen LogP contribution in [0.5, 0.6) is 0 Å². The van der Waals surface area contributed by atoms with Crippen molar-refractivity contribution in [2.24, 2.45) is 10.2 Å². The molecule has 0 aliphatic carbocycles. The van der Waals surface area contributed by atoms with Crippen molar-refractivity contribution >= 4 is 38.0 Å². The first-order valence-corrected chi connectivity index (χ1v) is 9.39. The van der Waals surface area contributed by atoms with Crippen molar-refractivity contribution in [2.75, 3.05) is 5.73 Å². The van der Waals surface area contributed by atoms with Crippen molar-refractivity contribution in [3.8, 4) is 11.6 Å². The molecule has 0 spiro atoms. The van der Waals surface area contributed by atoms with E-state index in [1.54, 1.807) is 30.3 Å². The molecule has 2 aromatic carbocycles. The van der Waals surface area contributed by atoms with Gasteiger partial charge in [-0.2, -0.15) is 0 Å². The second-order valence-corrected chi connectivity index (χ2v) is 7.09. The summed E-state index contributed by atoms with van der Waals surface area (Å²) in [6.45, 7) is 0. The maximum absolute atomic E-state index is 11.6. The van der Waals surface area contributed by atoms with Crippen LogP contribution < -0.4 is 35.3 Å². The predicted molar refractivity (Wildman–Crippen MR) is 100 cm³/mol. The molecule has 29 heavy (non-hydrogen) atoms. The van der Waals surface area contributed by atoms with Crippen LogP contribution in [0.15, 0.2) is 80.7 Å². The minimum Gasteiger partial charge on any atom is -0.744 e. The van der Waals surface area contributed by atoms with E-state index in [4.69, 9.17) is 10.2 Å². The first-order chi connectivity index (χ1) is 13.4. The number of aromatic nitrogens is 2. The Bertz CT molecular complexity index is 1290. The van der Waals surface area contributed by atoms with Crippen LogP contribution in [0.2, 0.25) is 0 Å². The van der Waals surface area contributed by atoms with E-state index >= 15 is 0 Å². The Morgan fingerprint density at radius 1 is 1.03 bits per heavy atom. The van der Waals surface area contributed by atoms with E-state index in [0.29, 0.717) is 22.7 Å². The van der Waals surface area contributed by atoms with Crippen LogP contribution in [0.3, 0.4) is 0 Å². The van der Waals surface area contributed by atoms with E-state index in [9.17, 15) is 13.0 Å². The topological polar surface area (TPSA) is 147 Å². The number of hydrogen-bond acceptors (Lipinski definition) is 9. The summed E-state index contributed by atoms with van der Waals surface area (Å²) in [6.07, 6.45) is 4.40. The predicted octanol–water partition coefficient (Wildman–Crippen LogP) is 0.795. The van der Waals surface area contributed by atoms with Gasteiger partial charge >= 0.3 is 29.6 Å². The van der Waals surface area contributed by atoms with Gasteiger partial charge in [-0.05, 0) is 18.2 Å². The van der Waals surface area contributed by atoms with Crippen LogP contribution in [-0.2, 0) is 10.1 Å². The zero-order valence-corrected chi connectivity index (χ0v) is 18.0. The van der Waals surface area contributed by atoms with E-state index < -0.39 is 15.0 Å². The van der Waals surface area contributed by atoms with Crippen LogP contribution in [0, 0.1) is 0 Å². The Labute approximate surface area is 187 Å². The zero-order valence-electron chi connectivity index (χ0n) is 15.2. The minimum atomic E-state index is -4.72. The number of pyridine rings is 1. The van der Waals surface area contributed by atoms with Crippen LogP contribution in [-0.4, -0.2) is 22.9 Å². The Hall–Kier alpha value is -2.63. The maximum atomic E-state index is 11.6. The van der Waals surface area contributed by atoms with Crippen molar-refractivity contribution < 1.29 is 46.9 Å². The van der Waals surface area contributed by atoms with E-state index in [0.717, 1.165) is 6.07 Å². The number of azo groups is 1. The van der Waals surface area contributed by atoms with Crippen molar-refractivity contribution in [1.29, 1.82) is 0 Å². The number of fused-ring (bicyclic) bond motifs is 1. The normalized spacial score (nSPS) is 11.6. The Kier molecular flexibility index (Phi) is 6.10. The van der Waals surface area contributed by atoms with Crippen LogP contribution in [0.4, 0.5) is 17.1 Å². The summed E-state index contributed by atoms with van der Waals surface area (Å²) in [5.41, 5.74) is 7.31. The molecule has 2 heterocycles. The molecule has 140 valence electrons. The van der Waals surface area contributed by atoms with Gasteiger partial charge in [0.15, 0.2) is 0 Å². The largest absolute Gasteiger partial charge is 1.00 e. The fourth-order valence-electron chi connectivity index (χ4n) is 2.67. The second kappa shape index (κ2) is 8.39. The molecule has 0 saturated heterocycles. The van der Waals surface area contributed by atoms with Gasteiger partial charge in [0.2, 0.25) is 5.89 Å². The number of oxazole rings is 1. The molecule has 0 saturated carbocycles. The van der Waals surface area contributed by atoms with E-state index in [1.165, 1.54) is 24.7 Å². The second-order valence-electron chi connectivity index (χ2n) is 5.75. The van der Waals surface area contributed by atoms with Crippen molar-refractivity contribution in [3.05, 3.63) is 61.1 Å². The number of rotatable bonds is 4. The van der Waals surface area contributed by atoms with Gasteiger partial charge in [-0.25, -0.2) is 18.4 Å². The molecule has 0 fully saturated rings.